The molecule has 0 fully saturated rings. The molecule has 0 saturated carbocycles. The third-order valence-corrected chi connectivity index (χ3v) is 3.45. The number of hydrogen-bond donors (Lipinski definition) is 1. The molecular weight excluding hydrogens is 346 g/mol. The topological polar surface area (TPSA) is 67.9 Å². The van der Waals surface area contributed by atoms with Crippen molar-refractivity contribution in [1.82, 2.24) is 4.90 Å². The lowest BCUT2D eigenvalue weighted by molar-refractivity contribution is -0.0515. The molecule has 2 aromatic rings. The van der Waals surface area contributed by atoms with Crippen molar-refractivity contribution in [2.24, 2.45) is 0 Å². The molecule has 2 rings (SSSR count). The van der Waals surface area contributed by atoms with Gasteiger partial charge in [0.1, 0.15) is 0 Å². The molecule has 0 aromatic heterocycles. The molecule has 2 amide bonds. The quantitative estimate of drug-likeness (QED) is 0.854. The van der Waals surface area contributed by atoms with Crippen LogP contribution in [0.1, 0.15) is 20.7 Å². The number of anilines is 1. The number of amides is 2. The fraction of sp³-hybridized carbons (Fsp3) is 0.222. The summed E-state index contributed by atoms with van der Waals surface area (Å²) >= 11 is 0. The Bertz CT molecular complexity index is 792. The lowest BCUT2D eigenvalue weighted by Gasteiger charge is -2.14. The van der Waals surface area contributed by atoms with Crippen LogP contribution in [0.4, 0.5) is 14.5 Å². The highest BCUT2D eigenvalue weighted by Gasteiger charge is 2.20. The second kappa shape index (κ2) is 8.28. The maximum Gasteiger partial charge on any atom is 0.387 e. The number of nitrogens with zero attached hydrogens (tertiary/aromatic N) is 1. The SMILES string of the molecule is COc1cccc(C(=O)Nc2ccc(C(=O)N(C)C)cc2)c1OC(F)F. The van der Waals surface area contributed by atoms with Crippen molar-refractivity contribution in [2.45, 2.75) is 6.61 Å². The Hall–Kier alpha value is -3.16. The van der Waals surface area contributed by atoms with Crippen LogP contribution in [0.3, 0.4) is 0 Å². The minimum Gasteiger partial charge on any atom is -0.493 e. The number of alkyl halides is 2. The van der Waals surface area contributed by atoms with Crippen molar-refractivity contribution in [1.29, 1.82) is 0 Å². The van der Waals surface area contributed by atoms with Crippen LogP contribution in [0.2, 0.25) is 0 Å². The molecule has 0 heterocycles. The molecule has 138 valence electrons. The Morgan fingerprint density at radius 2 is 1.73 bits per heavy atom. The van der Waals surface area contributed by atoms with Crippen LogP contribution in [0.15, 0.2) is 42.5 Å². The van der Waals surface area contributed by atoms with E-state index in [0.29, 0.717) is 11.3 Å². The Morgan fingerprint density at radius 3 is 2.27 bits per heavy atom. The molecular formula is C18H18F2N2O4. The highest BCUT2D eigenvalue weighted by molar-refractivity contribution is 6.07. The molecule has 0 atom stereocenters. The van der Waals surface area contributed by atoms with Crippen LogP contribution < -0.4 is 14.8 Å². The van der Waals surface area contributed by atoms with Gasteiger partial charge in [0, 0.05) is 25.3 Å². The van der Waals surface area contributed by atoms with E-state index in [-0.39, 0.29) is 23.0 Å². The first-order valence-corrected chi connectivity index (χ1v) is 7.58. The normalized spacial score (nSPS) is 10.4. The number of rotatable bonds is 6. The first kappa shape index (κ1) is 19.2. The summed E-state index contributed by atoms with van der Waals surface area (Å²) in [4.78, 5) is 25.7. The number of carbonyl (C=O) groups is 2. The molecule has 0 aliphatic carbocycles. The second-order valence-corrected chi connectivity index (χ2v) is 5.45. The van der Waals surface area contributed by atoms with Gasteiger partial charge in [-0.3, -0.25) is 9.59 Å². The monoisotopic (exact) mass is 364 g/mol. The van der Waals surface area contributed by atoms with Gasteiger partial charge in [-0.05, 0) is 36.4 Å². The molecule has 1 N–H and O–H groups in total. The third kappa shape index (κ3) is 4.47. The summed E-state index contributed by atoms with van der Waals surface area (Å²) in [5.41, 5.74) is 0.755. The molecule has 0 aliphatic heterocycles. The number of hydrogen-bond acceptors (Lipinski definition) is 4. The van der Waals surface area contributed by atoms with E-state index in [0.717, 1.165) is 0 Å². The van der Waals surface area contributed by atoms with E-state index in [4.69, 9.17) is 4.74 Å². The Labute approximate surface area is 149 Å². The second-order valence-electron chi connectivity index (χ2n) is 5.45. The van der Waals surface area contributed by atoms with E-state index in [1.165, 1.54) is 30.2 Å². The molecule has 0 radical (unpaired) electrons. The molecule has 0 saturated heterocycles. The predicted molar refractivity (Wildman–Crippen MR) is 92.0 cm³/mol. The van der Waals surface area contributed by atoms with Crippen LogP contribution in [-0.4, -0.2) is 44.5 Å². The molecule has 2 aromatic carbocycles. The standard InChI is InChI=1S/C18H18F2N2O4/c1-22(2)17(24)11-7-9-12(10-8-11)21-16(23)13-5-4-6-14(25-3)15(13)26-18(19)20/h4-10,18H,1-3H3,(H,21,23). The van der Waals surface area contributed by atoms with Crippen LogP contribution in [-0.2, 0) is 0 Å². The van der Waals surface area contributed by atoms with Gasteiger partial charge in [0.05, 0.1) is 12.7 Å². The van der Waals surface area contributed by atoms with Gasteiger partial charge < -0.3 is 19.7 Å². The van der Waals surface area contributed by atoms with Crippen molar-refractivity contribution < 1.29 is 27.8 Å². The fourth-order valence-electron chi connectivity index (χ4n) is 2.22. The minimum absolute atomic E-state index is 0.0184. The van der Waals surface area contributed by atoms with Crippen molar-refractivity contribution >= 4 is 17.5 Å². The minimum atomic E-state index is -3.10. The van der Waals surface area contributed by atoms with E-state index in [1.54, 1.807) is 38.4 Å². The maximum absolute atomic E-state index is 12.6. The first-order chi connectivity index (χ1) is 12.3. The van der Waals surface area contributed by atoms with E-state index < -0.39 is 12.5 Å². The summed E-state index contributed by atoms with van der Waals surface area (Å²) < 4.78 is 34.7. The number of ether oxygens (including phenoxy) is 2. The number of benzene rings is 2. The Morgan fingerprint density at radius 1 is 1.08 bits per heavy atom. The number of carbonyl (C=O) groups excluding carboxylic acids is 2. The zero-order valence-electron chi connectivity index (χ0n) is 14.5. The highest BCUT2D eigenvalue weighted by atomic mass is 19.3. The number of para-hydroxylation sites is 1. The smallest absolute Gasteiger partial charge is 0.387 e. The van der Waals surface area contributed by atoms with E-state index >= 15 is 0 Å². The maximum atomic E-state index is 12.6. The van der Waals surface area contributed by atoms with Gasteiger partial charge in [0.15, 0.2) is 11.5 Å². The lowest BCUT2D eigenvalue weighted by Crippen LogP contribution is -2.21. The van der Waals surface area contributed by atoms with E-state index in [2.05, 4.69) is 10.1 Å². The Kier molecular flexibility index (Phi) is 6.11. The van der Waals surface area contributed by atoms with E-state index in [1.807, 2.05) is 0 Å². The Balaban J connectivity index is 2.23. The predicted octanol–water partition coefficient (Wildman–Crippen LogP) is 3.25. The number of nitrogens with one attached hydrogen (secondary N) is 1. The van der Waals surface area contributed by atoms with Crippen molar-refractivity contribution in [3.05, 3.63) is 53.6 Å². The summed E-state index contributed by atoms with van der Waals surface area (Å²) in [7, 11) is 4.55. The molecule has 0 bridgehead atoms. The van der Waals surface area contributed by atoms with Gasteiger partial charge >= 0.3 is 6.61 Å². The third-order valence-electron chi connectivity index (χ3n) is 3.45. The van der Waals surface area contributed by atoms with Crippen molar-refractivity contribution in [3.8, 4) is 11.5 Å². The summed E-state index contributed by atoms with van der Waals surface area (Å²) in [6.45, 7) is -3.10. The largest absolute Gasteiger partial charge is 0.493 e. The van der Waals surface area contributed by atoms with Gasteiger partial charge in [0.25, 0.3) is 11.8 Å². The summed E-state index contributed by atoms with van der Waals surface area (Å²) in [5.74, 6) is -1.15. The summed E-state index contributed by atoms with van der Waals surface area (Å²) in [5, 5.41) is 2.57. The van der Waals surface area contributed by atoms with Crippen LogP contribution in [0.25, 0.3) is 0 Å². The first-order valence-electron chi connectivity index (χ1n) is 7.58. The van der Waals surface area contributed by atoms with Crippen LogP contribution in [0, 0.1) is 0 Å². The molecule has 6 nitrogen and oxygen atoms in total. The molecule has 0 unspecified atom stereocenters. The average Bonchev–Trinajstić information content (AvgIpc) is 2.61. The number of methoxy groups -OCH3 is 1. The van der Waals surface area contributed by atoms with Gasteiger partial charge in [-0.2, -0.15) is 8.78 Å². The zero-order valence-corrected chi connectivity index (χ0v) is 14.5. The van der Waals surface area contributed by atoms with Gasteiger partial charge in [-0.25, -0.2) is 0 Å². The van der Waals surface area contributed by atoms with Crippen LogP contribution in [0.5, 0.6) is 11.5 Å². The molecule has 0 aliphatic rings. The molecule has 0 spiro atoms. The average molecular weight is 364 g/mol. The summed E-state index contributed by atoms with van der Waals surface area (Å²) in [6.07, 6.45) is 0. The molecule has 26 heavy (non-hydrogen) atoms. The van der Waals surface area contributed by atoms with Gasteiger partial charge in [0.2, 0.25) is 0 Å². The van der Waals surface area contributed by atoms with E-state index in [9.17, 15) is 18.4 Å². The van der Waals surface area contributed by atoms with Gasteiger partial charge in [-0.1, -0.05) is 6.07 Å². The van der Waals surface area contributed by atoms with Crippen LogP contribution >= 0.6 is 0 Å². The fourth-order valence-corrected chi connectivity index (χ4v) is 2.22. The summed E-state index contributed by atoms with van der Waals surface area (Å²) in [6, 6.07) is 10.5. The lowest BCUT2D eigenvalue weighted by atomic mass is 10.1. The van der Waals surface area contributed by atoms with Crippen molar-refractivity contribution in [3.63, 3.8) is 0 Å². The van der Waals surface area contributed by atoms with Gasteiger partial charge in [-0.15, -0.1) is 0 Å². The highest BCUT2D eigenvalue weighted by Crippen LogP contribution is 2.33. The zero-order chi connectivity index (χ0) is 19.3. The molecule has 8 heteroatoms. The van der Waals surface area contributed by atoms with Crippen molar-refractivity contribution in [2.75, 3.05) is 26.5 Å². The number of halogens is 2.